The van der Waals surface area contributed by atoms with Gasteiger partial charge in [0.1, 0.15) is 0 Å². The van der Waals surface area contributed by atoms with E-state index in [2.05, 4.69) is 25.3 Å². The van der Waals surface area contributed by atoms with Crippen molar-refractivity contribution in [3.05, 3.63) is 36.5 Å². The molecule has 1 heterocycles. The molecule has 0 radical (unpaired) electrons. The number of hydrogen-bond donors (Lipinski definition) is 3. The molecule has 0 saturated heterocycles. The number of anilines is 2. The molecule has 0 aliphatic carbocycles. The van der Waals surface area contributed by atoms with Gasteiger partial charge in [0, 0.05) is 24.3 Å². The van der Waals surface area contributed by atoms with Crippen LogP contribution in [-0.4, -0.2) is 22.7 Å². The van der Waals surface area contributed by atoms with Gasteiger partial charge in [0.05, 0.1) is 0 Å². The molecule has 0 aliphatic heterocycles. The Balaban J connectivity index is 1.73. The summed E-state index contributed by atoms with van der Waals surface area (Å²) in [5.74, 6) is 0.558. The maximum absolute atomic E-state index is 11.5. The minimum atomic E-state index is -0.289. The second-order valence-corrected chi connectivity index (χ2v) is 3.60. The Morgan fingerprint density at radius 3 is 2.78 bits per heavy atom. The van der Waals surface area contributed by atoms with E-state index < -0.39 is 0 Å². The topological polar surface area (TPSA) is 106 Å². The second kappa shape index (κ2) is 5.67. The van der Waals surface area contributed by atoms with Crippen molar-refractivity contribution in [3.8, 4) is 0 Å². The molecular formula is C11H13N5O2. The summed E-state index contributed by atoms with van der Waals surface area (Å²) in [6.45, 7) is 0.431. The average Bonchev–Trinajstić information content (AvgIpc) is 2.85. The smallest absolute Gasteiger partial charge is 0.319 e. The van der Waals surface area contributed by atoms with Crippen LogP contribution in [0.5, 0.6) is 0 Å². The number of nitrogen functional groups attached to an aromatic ring is 1. The van der Waals surface area contributed by atoms with E-state index in [1.807, 2.05) is 0 Å². The molecule has 0 unspecified atom stereocenters. The lowest BCUT2D eigenvalue weighted by Crippen LogP contribution is -2.30. The van der Waals surface area contributed by atoms with Crippen molar-refractivity contribution in [2.45, 2.75) is 6.42 Å². The van der Waals surface area contributed by atoms with Gasteiger partial charge in [-0.1, -0.05) is 5.16 Å². The molecule has 0 atom stereocenters. The van der Waals surface area contributed by atoms with Crippen LogP contribution in [-0.2, 0) is 6.42 Å². The standard InChI is InChI=1S/C11H13N5O2/c12-8-1-3-9(4-2-8)15-11(17)13-6-5-10-14-7-18-16-10/h1-4,7H,5-6,12H2,(H2,13,15,17). The molecule has 0 saturated carbocycles. The van der Waals surface area contributed by atoms with Crippen LogP contribution in [0.4, 0.5) is 16.2 Å². The minimum absolute atomic E-state index is 0.289. The summed E-state index contributed by atoms with van der Waals surface area (Å²) in [5, 5.41) is 9.00. The van der Waals surface area contributed by atoms with Gasteiger partial charge in [-0.2, -0.15) is 4.98 Å². The molecule has 7 nitrogen and oxygen atoms in total. The van der Waals surface area contributed by atoms with Crippen molar-refractivity contribution in [2.24, 2.45) is 0 Å². The maximum Gasteiger partial charge on any atom is 0.319 e. The molecule has 4 N–H and O–H groups in total. The molecule has 0 aliphatic rings. The monoisotopic (exact) mass is 247 g/mol. The van der Waals surface area contributed by atoms with Gasteiger partial charge in [-0.3, -0.25) is 0 Å². The number of rotatable bonds is 4. The molecular weight excluding hydrogens is 234 g/mol. The quantitative estimate of drug-likeness (QED) is 0.699. The van der Waals surface area contributed by atoms with E-state index in [-0.39, 0.29) is 6.03 Å². The van der Waals surface area contributed by atoms with Crippen LogP contribution in [0.15, 0.2) is 35.2 Å². The number of nitrogens with zero attached hydrogens (tertiary/aromatic N) is 2. The minimum Gasteiger partial charge on any atom is -0.399 e. The van der Waals surface area contributed by atoms with Gasteiger partial charge < -0.3 is 20.9 Å². The van der Waals surface area contributed by atoms with Crippen molar-refractivity contribution < 1.29 is 9.32 Å². The van der Waals surface area contributed by atoms with Crippen molar-refractivity contribution in [3.63, 3.8) is 0 Å². The molecule has 2 rings (SSSR count). The number of aromatic nitrogens is 2. The van der Waals surface area contributed by atoms with Gasteiger partial charge in [0.25, 0.3) is 0 Å². The molecule has 7 heteroatoms. The molecule has 18 heavy (non-hydrogen) atoms. The van der Waals surface area contributed by atoms with Crippen LogP contribution in [0, 0.1) is 0 Å². The number of amides is 2. The summed E-state index contributed by atoms with van der Waals surface area (Å²) in [5.41, 5.74) is 6.87. The van der Waals surface area contributed by atoms with Crippen LogP contribution in [0.25, 0.3) is 0 Å². The molecule has 0 spiro atoms. The Hall–Kier alpha value is -2.57. The fraction of sp³-hybridized carbons (Fsp3) is 0.182. The zero-order chi connectivity index (χ0) is 12.8. The van der Waals surface area contributed by atoms with E-state index in [0.29, 0.717) is 30.2 Å². The largest absolute Gasteiger partial charge is 0.399 e. The van der Waals surface area contributed by atoms with E-state index in [9.17, 15) is 4.79 Å². The molecule has 1 aromatic carbocycles. The van der Waals surface area contributed by atoms with Gasteiger partial charge in [0.2, 0.25) is 6.39 Å². The highest BCUT2D eigenvalue weighted by Gasteiger charge is 2.02. The van der Waals surface area contributed by atoms with Gasteiger partial charge in [-0.25, -0.2) is 4.79 Å². The first-order chi connectivity index (χ1) is 8.74. The van der Waals surface area contributed by atoms with Crippen LogP contribution >= 0.6 is 0 Å². The SMILES string of the molecule is Nc1ccc(NC(=O)NCCc2ncon2)cc1. The predicted molar refractivity (Wildman–Crippen MR) is 65.9 cm³/mol. The summed E-state index contributed by atoms with van der Waals surface area (Å²) >= 11 is 0. The average molecular weight is 247 g/mol. The summed E-state index contributed by atoms with van der Waals surface area (Å²) in [6.07, 6.45) is 1.77. The zero-order valence-electron chi connectivity index (χ0n) is 9.59. The lowest BCUT2D eigenvalue weighted by atomic mass is 10.3. The third-order valence-corrected chi connectivity index (χ3v) is 2.21. The van der Waals surface area contributed by atoms with E-state index in [1.165, 1.54) is 6.39 Å². The third kappa shape index (κ3) is 3.48. The molecule has 0 fully saturated rings. The number of nitrogens with two attached hydrogens (primary N) is 1. The molecule has 2 aromatic rings. The highest BCUT2D eigenvalue weighted by atomic mass is 16.5. The fourth-order valence-corrected chi connectivity index (χ4v) is 1.33. The highest BCUT2D eigenvalue weighted by molar-refractivity contribution is 5.89. The normalized spacial score (nSPS) is 10.0. The lowest BCUT2D eigenvalue weighted by molar-refractivity contribution is 0.252. The maximum atomic E-state index is 11.5. The number of nitrogens with one attached hydrogen (secondary N) is 2. The van der Waals surface area contributed by atoms with Crippen LogP contribution < -0.4 is 16.4 Å². The van der Waals surface area contributed by atoms with Gasteiger partial charge >= 0.3 is 6.03 Å². The molecule has 0 bridgehead atoms. The van der Waals surface area contributed by atoms with Crippen LogP contribution in [0.3, 0.4) is 0 Å². The number of carbonyl (C=O) groups is 1. The van der Waals surface area contributed by atoms with Crippen molar-refractivity contribution in [1.82, 2.24) is 15.5 Å². The Labute approximate surface area is 103 Å². The highest BCUT2D eigenvalue weighted by Crippen LogP contribution is 2.09. The number of urea groups is 1. The van der Waals surface area contributed by atoms with Gasteiger partial charge in [-0.05, 0) is 24.3 Å². The molecule has 94 valence electrons. The van der Waals surface area contributed by atoms with Crippen molar-refractivity contribution in [2.75, 3.05) is 17.6 Å². The van der Waals surface area contributed by atoms with E-state index in [0.717, 1.165) is 0 Å². The van der Waals surface area contributed by atoms with Gasteiger partial charge in [-0.15, -0.1) is 0 Å². The zero-order valence-corrected chi connectivity index (χ0v) is 9.59. The van der Waals surface area contributed by atoms with Gasteiger partial charge in [0.15, 0.2) is 5.82 Å². The number of benzene rings is 1. The van der Waals surface area contributed by atoms with E-state index in [1.54, 1.807) is 24.3 Å². The summed E-state index contributed by atoms with van der Waals surface area (Å²) in [4.78, 5) is 15.4. The lowest BCUT2D eigenvalue weighted by Gasteiger charge is -2.06. The third-order valence-electron chi connectivity index (χ3n) is 2.21. The van der Waals surface area contributed by atoms with Crippen LogP contribution in [0.1, 0.15) is 5.82 Å². The summed E-state index contributed by atoms with van der Waals surface area (Å²) in [7, 11) is 0. The van der Waals surface area contributed by atoms with Crippen LogP contribution in [0.2, 0.25) is 0 Å². The number of carbonyl (C=O) groups excluding carboxylic acids is 1. The molecule has 2 amide bonds. The number of hydrogen-bond acceptors (Lipinski definition) is 5. The Bertz CT molecular complexity index is 495. The van der Waals surface area contributed by atoms with E-state index >= 15 is 0 Å². The van der Waals surface area contributed by atoms with E-state index in [4.69, 9.17) is 5.73 Å². The predicted octanol–water partition coefficient (Wildman–Crippen LogP) is 1.02. The summed E-state index contributed by atoms with van der Waals surface area (Å²) in [6, 6.07) is 6.61. The Morgan fingerprint density at radius 2 is 2.11 bits per heavy atom. The first-order valence-electron chi connectivity index (χ1n) is 5.39. The fourth-order valence-electron chi connectivity index (χ4n) is 1.33. The Kier molecular flexibility index (Phi) is 3.75. The second-order valence-electron chi connectivity index (χ2n) is 3.60. The Morgan fingerprint density at radius 1 is 1.33 bits per heavy atom. The summed E-state index contributed by atoms with van der Waals surface area (Å²) < 4.78 is 4.58. The van der Waals surface area contributed by atoms with Crippen molar-refractivity contribution >= 4 is 17.4 Å². The molecule has 1 aromatic heterocycles. The first-order valence-corrected chi connectivity index (χ1v) is 5.39. The first kappa shape index (κ1) is 11.9. The van der Waals surface area contributed by atoms with Crippen molar-refractivity contribution in [1.29, 1.82) is 0 Å².